The first-order valence-corrected chi connectivity index (χ1v) is 10.5. The summed E-state index contributed by atoms with van der Waals surface area (Å²) in [5, 5.41) is 3.88. The van der Waals surface area contributed by atoms with Crippen molar-refractivity contribution in [1.82, 2.24) is 14.9 Å². The number of ether oxygens (including phenoxy) is 2. The summed E-state index contributed by atoms with van der Waals surface area (Å²) in [4.78, 5) is 13.4. The minimum Gasteiger partial charge on any atom is -0.454 e. The third-order valence-electron chi connectivity index (χ3n) is 5.47. The smallest absolute Gasteiger partial charge is 0.231 e. The van der Waals surface area contributed by atoms with Gasteiger partial charge in [-0.05, 0) is 35.9 Å². The second kappa shape index (κ2) is 8.49. The van der Waals surface area contributed by atoms with Gasteiger partial charge in [-0.1, -0.05) is 23.7 Å². The van der Waals surface area contributed by atoms with Crippen molar-refractivity contribution >= 4 is 34.6 Å². The molecule has 3 N–H and O–H groups in total. The topological polar surface area (TPSA) is 88.8 Å². The maximum atomic E-state index is 6.41. The number of aromatic nitrogens is 2. The van der Waals surface area contributed by atoms with Crippen LogP contribution in [0, 0.1) is 0 Å². The van der Waals surface area contributed by atoms with Crippen LogP contribution >= 0.6 is 11.6 Å². The van der Waals surface area contributed by atoms with Crippen LogP contribution in [0.3, 0.4) is 0 Å². The fraction of sp³-hybridized carbons (Fsp3) is 0.273. The van der Waals surface area contributed by atoms with Crippen molar-refractivity contribution in [2.75, 3.05) is 48.9 Å². The highest BCUT2D eigenvalue weighted by Gasteiger charge is 2.22. The average molecular weight is 439 g/mol. The first kappa shape index (κ1) is 19.7. The van der Waals surface area contributed by atoms with E-state index in [-0.39, 0.29) is 0 Å². The maximum Gasteiger partial charge on any atom is 0.231 e. The van der Waals surface area contributed by atoms with Gasteiger partial charge in [0.1, 0.15) is 12.0 Å². The number of benzene rings is 2. The molecule has 2 aliphatic heterocycles. The molecule has 2 aliphatic rings. The van der Waals surface area contributed by atoms with Crippen molar-refractivity contribution in [1.29, 1.82) is 0 Å². The van der Waals surface area contributed by atoms with Crippen LogP contribution in [0.2, 0.25) is 5.02 Å². The molecule has 0 atom stereocenters. The maximum absolute atomic E-state index is 6.41. The number of nitrogen functional groups attached to an aromatic ring is 1. The van der Waals surface area contributed by atoms with Gasteiger partial charge < -0.3 is 25.4 Å². The Kier molecular flexibility index (Phi) is 5.40. The van der Waals surface area contributed by atoms with E-state index in [2.05, 4.69) is 37.2 Å². The Morgan fingerprint density at radius 1 is 1.00 bits per heavy atom. The normalized spacial score (nSPS) is 15.8. The van der Waals surface area contributed by atoms with Gasteiger partial charge in [-0.3, -0.25) is 4.90 Å². The van der Waals surface area contributed by atoms with Gasteiger partial charge >= 0.3 is 0 Å². The number of hydrogen-bond donors (Lipinski definition) is 2. The molecule has 2 aromatic carbocycles. The van der Waals surface area contributed by atoms with E-state index in [1.165, 1.54) is 11.9 Å². The van der Waals surface area contributed by atoms with Crippen LogP contribution in [-0.4, -0.2) is 47.8 Å². The Morgan fingerprint density at radius 2 is 1.84 bits per heavy atom. The second-order valence-corrected chi connectivity index (χ2v) is 7.98. The molecule has 0 bridgehead atoms. The zero-order valence-electron chi connectivity index (χ0n) is 16.9. The second-order valence-electron chi connectivity index (χ2n) is 7.55. The highest BCUT2D eigenvalue weighted by Crippen LogP contribution is 2.33. The van der Waals surface area contributed by atoms with Crippen LogP contribution in [0.1, 0.15) is 5.56 Å². The molecular formula is C22H23ClN6O2. The largest absolute Gasteiger partial charge is 0.454 e. The average Bonchev–Trinajstić information content (AvgIpc) is 3.24. The molecule has 5 rings (SSSR count). The first-order chi connectivity index (χ1) is 15.2. The van der Waals surface area contributed by atoms with E-state index in [1.807, 2.05) is 30.3 Å². The van der Waals surface area contributed by atoms with Crippen molar-refractivity contribution in [2.24, 2.45) is 0 Å². The molecule has 0 spiro atoms. The van der Waals surface area contributed by atoms with E-state index in [0.717, 1.165) is 55.7 Å². The molecule has 160 valence electrons. The Labute approximate surface area is 185 Å². The predicted molar refractivity (Wildman–Crippen MR) is 121 cm³/mol. The van der Waals surface area contributed by atoms with Crippen molar-refractivity contribution in [3.05, 3.63) is 59.4 Å². The van der Waals surface area contributed by atoms with E-state index in [4.69, 9.17) is 26.8 Å². The Balaban J connectivity index is 1.23. The molecule has 0 unspecified atom stereocenters. The summed E-state index contributed by atoms with van der Waals surface area (Å²) in [5.74, 6) is 2.97. The van der Waals surface area contributed by atoms with Crippen molar-refractivity contribution < 1.29 is 9.47 Å². The molecule has 9 heteroatoms. The van der Waals surface area contributed by atoms with Crippen LogP contribution in [-0.2, 0) is 6.54 Å². The first-order valence-electron chi connectivity index (χ1n) is 10.1. The van der Waals surface area contributed by atoms with Gasteiger partial charge in [0, 0.05) is 43.4 Å². The number of fused-ring (bicyclic) bond motifs is 1. The van der Waals surface area contributed by atoms with Crippen LogP contribution in [0.25, 0.3) is 0 Å². The number of piperazine rings is 1. The van der Waals surface area contributed by atoms with E-state index in [1.54, 1.807) is 0 Å². The van der Waals surface area contributed by atoms with Crippen LogP contribution in [0.4, 0.5) is 23.0 Å². The van der Waals surface area contributed by atoms with Gasteiger partial charge in [0.05, 0.1) is 0 Å². The van der Waals surface area contributed by atoms with Crippen LogP contribution in [0.5, 0.6) is 11.5 Å². The molecule has 3 heterocycles. The van der Waals surface area contributed by atoms with Gasteiger partial charge in [0.15, 0.2) is 23.1 Å². The lowest BCUT2D eigenvalue weighted by Gasteiger charge is -2.36. The van der Waals surface area contributed by atoms with E-state index >= 15 is 0 Å². The van der Waals surface area contributed by atoms with Gasteiger partial charge in [0.2, 0.25) is 6.79 Å². The van der Waals surface area contributed by atoms with Crippen molar-refractivity contribution in [3.63, 3.8) is 0 Å². The summed E-state index contributed by atoms with van der Waals surface area (Å²) < 4.78 is 10.9. The summed E-state index contributed by atoms with van der Waals surface area (Å²) in [5.41, 5.74) is 8.99. The quantitative estimate of drug-likeness (QED) is 0.625. The summed E-state index contributed by atoms with van der Waals surface area (Å²) in [6.07, 6.45) is 1.54. The van der Waals surface area contributed by atoms with Crippen molar-refractivity contribution in [2.45, 2.75) is 6.54 Å². The Morgan fingerprint density at radius 3 is 2.68 bits per heavy atom. The standard InChI is InChI=1S/C22H23ClN6O2/c23-16-2-1-3-17(11-16)27-21-20(24)22(26-13-25-21)29-8-6-28(7-9-29)12-15-4-5-18-19(10-15)31-14-30-18/h1-5,10-11,13H,6-9,12,14,24H2,(H,25,26,27). The highest BCUT2D eigenvalue weighted by atomic mass is 35.5. The molecule has 0 radical (unpaired) electrons. The minimum absolute atomic E-state index is 0.298. The molecule has 8 nitrogen and oxygen atoms in total. The lowest BCUT2D eigenvalue weighted by molar-refractivity contribution is 0.174. The number of nitrogens with zero attached hydrogens (tertiary/aromatic N) is 4. The molecule has 31 heavy (non-hydrogen) atoms. The number of anilines is 4. The zero-order valence-corrected chi connectivity index (χ0v) is 17.7. The van der Waals surface area contributed by atoms with Gasteiger partial charge in [-0.2, -0.15) is 0 Å². The zero-order chi connectivity index (χ0) is 21.2. The summed E-state index contributed by atoms with van der Waals surface area (Å²) in [6.45, 7) is 4.66. The number of nitrogens with one attached hydrogen (secondary N) is 1. The summed E-state index contributed by atoms with van der Waals surface area (Å²) >= 11 is 6.07. The molecule has 0 aliphatic carbocycles. The lowest BCUT2D eigenvalue weighted by Crippen LogP contribution is -2.46. The number of halogens is 1. The van der Waals surface area contributed by atoms with E-state index < -0.39 is 0 Å². The van der Waals surface area contributed by atoms with Crippen molar-refractivity contribution in [3.8, 4) is 11.5 Å². The molecule has 1 fully saturated rings. The molecule has 1 saturated heterocycles. The fourth-order valence-electron chi connectivity index (χ4n) is 3.86. The van der Waals surface area contributed by atoms with Crippen LogP contribution in [0.15, 0.2) is 48.8 Å². The minimum atomic E-state index is 0.298. The van der Waals surface area contributed by atoms with Gasteiger partial charge in [0.25, 0.3) is 0 Å². The number of hydrogen-bond acceptors (Lipinski definition) is 8. The van der Waals surface area contributed by atoms with Gasteiger partial charge in [-0.25, -0.2) is 9.97 Å². The highest BCUT2D eigenvalue weighted by molar-refractivity contribution is 6.30. The molecule has 3 aromatic rings. The molecular weight excluding hydrogens is 416 g/mol. The van der Waals surface area contributed by atoms with Gasteiger partial charge in [-0.15, -0.1) is 0 Å². The predicted octanol–water partition coefficient (Wildman–Crippen LogP) is 3.51. The number of nitrogens with two attached hydrogens (primary N) is 1. The lowest BCUT2D eigenvalue weighted by atomic mass is 10.1. The SMILES string of the molecule is Nc1c(Nc2cccc(Cl)c2)ncnc1N1CCN(Cc2ccc3c(c2)OCO3)CC1. The molecule has 0 saturated carbocycles. The fourth-order valence-corrected chi connectivity index (χ4v) is 4.05. The van der Waals surface area contributed by atoms with E-state index in [0.29, 0.717) is 23.3 Å². The van der Waals surface area contributed by atoms with Crippen LogP contribution < -0.4 is 25.4 Å². The summed E-state index contributed by atoms with van der Waals surface area (Å²) in [6, 6.07) is 13.6. The third-order valence-corrected chi connectivity index (χ3v) is 5.70. The summed E-state index contributed by atoms with van der Waals surface area (Å²) in [7, 11) is 0. The number of rotatable bonds is 5. The molecule has 0 amide bonds. The molecule has 1 aromatic heterocycles. The third kappa shape index (κ3) is 4.30. The Bertz CT molecular complexity index is 1090. The van der Waals surface area contributed by atoms with E-state index in [9.17, 15) is 0 Å². The monoisotopic (exact) mass is 438 g/mol. The Hall–Kier alpha value is -3.23.